The van der Waals surface area contributed by atoms with E-state index in [4.69, 9.17) is 16.7 Å². The summed E-state index contributed by atoms with van der Waals surface area (Å²) in [4.78, 5) is 10.8. The molecular weight excluding hydrogens is 282 g/mol. The molecule has 0 unspecified atom stereocenters. The number of carboxylic acids is 1. The Kier molecular flexibility index (Phi) is 2.84. The van der Waals surface area contributed by atoms with Gasteiger partial charge in [-0.3, -0.25) is 0 Å². The summed E-state index contributed by atoms with van der Waals surface area (Å²) >= 11 is 5.93. The van der Waals surface area contributed by atoms with Crippen LogP contribution in [0.3, 0.4) is 0 Å². The second-order valence-corrected chi connectivity index (χ2v) is 4.68. The maximum Gasteiger partial charge on any atom is 0.374 e. The number of aromatic nitrogens is 1. The van der Waals surface area contributed by atoms with Crippen LogP contribution in [0.15, 0.2) is 40.9 Å². The number of hydrogen-bond acceptors (Lipinski definition) is 4. The number of hydrogen-bond donors (Lipinski definition) is 2. The molecule has 20 heavy (non-hydrogen) atoms. The first-order chi connectivity index (χ1) is 9.54. The Labute approximate surface area is 118 Å². The summed E-state index contributed by atoms with van der Waals surface area (Å²) in [6, 6.07) is 9.76. The number of carbonyl (C=O) groups is 1. The van der Waals surface area contributed by atoms with Crippen LogP contribution >= 0.6 is 11.6 Å². The fourth-order valence-corrected chi connectivity index (χ4v) is 2.15. The lowest BCUT2D eigenvalue weighted by Crippen LogP contribution is -1.91. The third-order valence-electron chi connectivity index (χ3n) is 2.91. The molecule has 100 valence electrons. The molecule has 0 aliphatic heterocycles. The second kappa shape index (κ2) is 4.54. The summed E-state index contributed by atoms with van der Waals surface area (Å²) in [7, 11) is 0. The SMILES string of the molecule is O=C(O)c1cc(-c2cc3cc(Cl)ccc3cc2O)no1. The minimum Gasteiger partial charge on any atom is -0.507 e. The van der Waals surface area contributed by atoms with E-state index in [2.05, 4.69) is 9.68 Å². The highest BCUT2D eigenvalue weighted by atomic mass is 35.5. The Morgan fingerprint density at radius 3 is 2.65 bits per heavy atom. The molecule has 2 N–H and O–H groups in total. The number of aromatic hydroxyl groups is 1. The van der Waals surface area contributed by atoms with Gasteiger partial charge in [-0.2, -0.15) is 0 Å². The Morgan fingerprint density at radius 1 is 1.15 bits per heavy atom. The number of benzene rings is 2. The van der Waals surface area contributed by atoms with Crippen molar-refractivity contribution in [2.24, 2.45) is 0 Å². The number of halogens is 1. The van der Waals surface area contributed by atoms with Crippen molar-refractivity contribution < 1.29 is 19.5 Å². The van der Waals surface area contributed by atoms with Gasteiger partial charge < -0.3 is 14.7 Å². The summed E-state index contributed by atoms with van der Waals surface area (Å²) in [6.45, 7) is 0. The topological polar surface area (TPSA) is 83.6 Å². The molecule has 0 amide bonds. The molecule has 0 fully saturated rings. The first-order valence-corrected chi connectivity index (χ1v) is 6.05. The van der Waals surface area contributed by atoms with Crippen LogP contribution in [0, 0.1) is 0 Å². The van der Waals surface area contributed by atoms with Gasteiger partial charge in [-0.05, 0) is 35.0 Å². The van der Waals surface area contributed by atoms with E-state index in [0.717, 1.165) is 10.8 Å². The third-order valence-corrected chi connectivity index (χ3v) is 3.15. The maximum atomic E-state index is 10.8. The Hall–Kier alpha value is -2.53. The van der Waals surface area contributed by atoms with E-state index in [0.29, 0.717) is 10.6 Å². The molecular formula is C14H8ClNO4. The summed E-state index contributed by atoms with van der Waals surface area (Å²) in [5.41, 5.74) is 0.637. The number of nitrogens with zero attached hydrogens (tertiary/aromatic N) is 1. The highest BCUT2D eigenvalue weighted by Gasteiger charge is 2.15. The van der Waals surface area contributed by atoms with E-state index in [1.54, 1.807) is 30.3 Å². The highest BCUT2D eigenvalue weighted by molar-refractivity contribution is 6.31. The van der Waals surface area contributed by atoms with Crippen LogP contribution in [0.2, 0.25) is 5.02 Å². The molecule has 0 saturated carbocycles. The lowest BCUT2D eigenvalue weighted by molar-refractivity contribution is 0.0652. The number of aromatic carboxylic acids is 1. The number of phenolic OH excluding ortho intramolecular Hbond substituents is 1. The fraction of sp³-hybridized carbons (Fsp3) is 0. The minimum atomic E-state index is -1.22. The predicted octanol–water partition coefficient (Wildman–Crippen LogP) is 3.55. The van der Waals surface area contributed by atoms with Crippen molar-refractivity contribution >= 4 is 28.3 Å². The van der Waals surface area contributed by atoms with E-state index < -0.39 is 5.97 Å². The van der Waals surface area contributed by atoms with E-state index in [9.17, 15) is 9.90 Å². The van der Waals surface area contributed by atoms with Crippen LogP contribution in [-0.4, -0.2) is 21.3 Å². The smallest absolute Gasteiger partial charge is 0.374 e. The van der Waals surface area contributed by atoms with Crippen molar-refractivity contribution in [3.8, 4) is 17.0 Å². The summed E-state index contributed by atoms with van der Waals surface area (Å²) < 4.78 is 4.68. The number of phenols is 1. The second-order valence-electron chi connectivity index (χ2n) is 4.24. The van der Waals surface area contributed by atoms with Crippen molar-refractivity contribution in [3.63, 3.8) is 0 Å². The lowest BCUT2D eigenvalue weighted by Gasteiger charge is -2.04. The molecule has 1 aromatic heterocycles. The van der Waals surface area contributed by atoms with Gasteiger partial charge in [0.25, 0.3) is 0 Å². The van der Waals surface area contributed by atoms with Gasteiger partial charge in [-0.25, -0.2) is 4.79 Å². The van der Waals surface area contributed by atoms with Crippen LogP contribution in [-0.2, 0) is 0 Å². The largest absolute Gasteiger partial charge is 0.507 e. The molecule has 0 atom stereocenters. The summed E-state index contributed by atoms with van der Waals surface area (Å²) in [6.07, 6.45) is 0. The molecule has 5 nitrogen and oxygen atoms in total. The van der Waals surface area contributed by atoms with Crippen LogP contribution in [0.25, 0.3) is 22.0 Å². The van der Waals surface area contributed by atoms with E-state index in [1.165, 1.54) is 6.07 Å². The summed E-state index contributed by atoms with van der Waals surface area (Å²) in [5, 5.41) is 24.7. The predicted molar refractivity (Wildman–Crippen MR) is 73.1 cm³/mol. The molecule has 3 rings (SSSR count). The van der Waals surface area contributed by atoms with Gasteiger partial charge in [0.1, 0.15) is 11.4 Å². The molecule has 3 aromatic rings. The molecule has 6 heteroatoms. The minimum absolute atomic E-state index is 0.00920. The van der Waals surface area contributed by atoms with Gasteiger partial charge in [0, 0.05) is 16.7 Å². The normalized spacial score (nSPS) is 10.8. The van der Waals surface area contributed by atoms with Crippen molar-refractivity contribution in [1.29, 1.82) is 0 Å². The molecule has 0 bridgehead atoms. The highest BCUT2D eigenvalue weighted by Crippen LogP contribution is 2.34. The van der Waals surface area contributed by atoms with Crippen LogP contribution in [0.5, 0.6) is 5.75 Å². The van der Waals surface area contributed by atoms with Gasteiger partial charge >= 0.3 is 5.97 Å². The van der Waals surface area contributed by atoms with Crippen LogP contribution < -0.4 is 0 Å². The molecule has 2 aromatic carbocycles. The monoisotopic (exact) mass is 289 g/mol. The molecule has 1 heterocycles. The van der Waals surface area contributed by atoms with Gasteiger partial charge in [-0.15, -0.1) is 0 Å². The van der Waals surface area contributed by atoms with E-state index >= 15 is 0 Å². The van der Waals surface area contributed by atoms with Crippen molar-refractivity contribution in [3.05, 3.63) is 47.2 Å². The first kappa shape index (κ1) is 12.5. The zero-order chi connectivity index (χ0) is 14.3. The molecule has 0 aliphatic carbocycles. The Bertz CT molecular complexity index is 825. The Balaban J connectivity index is 2.19. The van der Waals surface area contributed by atoms with E-state index in [-0.39, 0.29) is 17.2 Å². The standard InChI is InChI=1S/C14H8ClNO4/c15-9-2-1-7-5-12(17)10(4-8(7)3-9)11-6-13(14(18)19)20-16-11/h1-6,17H,(H,18,19). The zero-order valence-corrected chi connectivity index (χ0v) is 10.8. The number of rotatable bonds is 2. The third kappa shape index (κ3) is 2.08. The van der Waals surface area contributed by atoms with E-state index in [1.807, 2.05) is 0 Å². The first-order valence-electron chi connectivity index (χ1n) is 5.67. The van der Waals surface area contributed by atoms with Gasteiger partial charge in [0.15, 0.2) is 0 Å². The maximum absolute atomic E-state index is 10.8. The number of carboxylic acid groups (broad SMARTS) is 1. The van der Waals surface area contributed by atoms with Gasteiger partial charge in [0.05, 0.1) is 0 Å². The Morgan fingerprint density at radius 2 is 1.95 bits per heavy atom. The summed E-state index contributed by atoms with van der Waals surface area (Å²) in [5.74, 6) is -1.51. The molecule has 0 aliphatic rings. The molecule has 0 saturated heterocycles. The van der Waals surface area contributed by atoms with Gasteiger partial charge in [-0.1, -0.05) is 22.8 Å². The molecule has 0 spiro atoms. The van der Waals surface area contributed by atoms with Crippen LogP contribution in [0.1, 0.15) is 10.6 Å². The number of fused-ring (bicyclic) bond motifs is 1. The zero-order valence-electron chi connectivity index (χ0n) is 10.0. The van der Waals surface area contributed by atoms with Crippen LogP contribution in [0.4, 0.5) is 0 Å². The average Bonchev–Trinajstić information content (AvgIpc) is 2.88. The fourth-order valence-electron chi connectivity index (χ4n) is 1.96. The lowest BCUT2D eigenvalue weighted by atomic mass is 10.0. The van der Waals surface area contributed by atoms with Gasteiger partial charge in [0.2, 0.25) is 5.76 Å². The quantitative estimate of drug-likeness (QED) is 0.753. The average molecular weight is 290 g/mol. The van der Waals surface area contributed by atoms with Crippen molar-refractivity contribution in [1.82, 2.24) is 5.16 Å². The van der Waals surface area contributed by atoms with Crippen molar-refractivity contribution in [2.75, 3.05) is 0 Å². The van der Waals surface area contributed by atoms with Crippen molar-refractivity contribution in [2.45, 2.75) is 0 Å². The molecule has 0 radical (unpaired) electrons.